The summed E-state index contributed by atoms with van der Waals surface area (Å²) in [6.45, 7) is 6.56. The molecule has 0 aliphatic carbocycles. The van der Waals surface area contributed by atoms with Crippen LogP contribution < -0.4 is 10.0 Å². The molecule has 0 saturated carbocycles. The van der Waals surface area contributed by atoms with E-state index in [1.165, 1.54) is 0 Å². The summed E-state index contributed by atoms with van der Waals surface area (Å²) in [6, 6.07) is 7.27. The van der Waals surface area contributed by atoms with Crippen molar-refractivity contribution < 1.29 is 19.0 Å². The van der Waals surface area contributed by atoms with Gasteiger partial charge in [-0.3, -0.25) is 9.52 Å². The van der Waals surface area contributed by atoms with E-state index >= 15 is 0 Å². The first-order chi connectivity index (χ1) is 13.3. The largest absolute Gasteiger partial charge is 0.378 e. The van der Waals surface area contributed by atoms with Crippen LogP contribution in [-0.2, 0) is 14.2 Å². The first-order valence-corrected chi connectivity index (χ1v) is 10.4. The Morgan fingerprint density at radius 3 is 2.15 bits per heavy atom. The van der Waals surface area contributed by atoms with Gasteiger partial charge in [0.25, 0.3) is 5.91 Å². The molecule has 1 amide bonds. The van der Waals surface area contributed by atoms with Gasteiger partial charge in [0, 0.05) is 30.6 Å². The van der Waals surface area contributed by atoms with Gasteiger partial charge in [0.05, 0.1) is 39.6 Å². The number of rotatable bonds is 14. The Labute approximate surface area is 166 Å². The number of nitrogens with one attached hydrogen (secondary N) is 2. The zero-order valence-electron chi connectivity index (χ0n) is 16.2. The second-order valence-corrected chi connectivity index (χ2v) is 6.12. The Morgan fingerprint density at radius 2 is 1.56 bits per heavy atom. The molecule has 0 spiro atoms. The molecule has 150 valence electrons. The lowest BCUT2D eigenvalue weighted by Crippen LogP contribution is -2.27. The highest BCUT2D eigenvalue weighted by Crippen LogP contribution is 2.03. The maximum atomic E-state index is 12.0. The van der Waals surface area contributed by atoms with Crippen LogP contribution in [0.25, 0.3) is 0 Å². The Hall–Kier alpha value is -1.56. The van der Waals surface area contributed by atoms with Gasteiger partial charge in [-0.05, 0) is 30.5 Å². The molecule has 7 heteroatoms. The van der Waals surface area contributed by atoms with Crippen molar-refractivity contribution in [1.29, 1.82) is 0 Å². The third-order valence-corrected chi connectivity index (χ3v) is 3.82. The van der Waals surface area contributed by atoms with Gasteiger partial charge in [-0.15, -0.1) is 0 Å². The summed E-state index contributed by atoms with van der Waals surface area (Å²) >= 11 is 1.58. The predicted molar refractivity (Wildman–Crippen MR) is 110 cm³/mol. The molecular weight excluding hydrogens is 364 g/mol. The summed E-state index contributed by atoms with van der Waals surface area (Å²) in [6.07, 6.45) is 2.80. The van der Waals surface area contributed by atoms with Gasteiger partial charge in [-0.25, -0.2) is 0 Å². The fourth-order valence-electron chi connectivity index (χ4n) is 1.99. The minimum Gasteiger partial charge on any atom is -0.378 e. The van der Waals surface area contributed by atoms with Crippen LogP contribution in [-0.4, -0.2) is 64.9 Å². The van der Waals surface area contributed by atoms with Gasteiger partial charge in [0.1, 0.15) is 0 Å². The Morgan fingerprint density at radius 1 is 0.963 bits per heavy atom. The molecule has 0 aliphatic heterocycles. The van der Waals surface area contributed by atoms with Crippen LogP contribution in [0.3, 0.4) is 0 Å². The lowest BCUT2D eigenvalue weighted by molar-refractivity contribution is 0.0163. The minimum absolute atomic E-state index is 0.113. The summed E-state index contributed by atoms with van der Waals surface area (Å²) in [5.41, 5.74) is 1.53. The topological polar surface area (TPSA) is 68.8 Å². The monoisotopic (exact) mass is 394 g/mol. The summed E-state index contributed by atoms with van der Waals surface area (Å²) in [5.74, 6) is 5.92. The third-order valence-electron chi connectivity index (χ3n) is 3.33. The normalized spacial score (nSPS) is 10.3. The highest BCUT2D eigenvalue weighted by molar-refractivity contribution is 7.96. The average molecular weight is 395 g/mol. The molecule has 0 saturated heterocycles. The third kappa shape index (κ3) is 12.5. The minimum atomic E-state index is -0.113. The molecule has 0 aliphatic rings. The quantitative estimate of drug-likeness (QED) is 0.286. The molecule has 0 heterocycles. The van der Waals surface area contributed by atoms with E-state index < -0.39 is 0 Å². The van der Waals surface area contributed by atoms with Crippen LogP contribution in [0.1, 0.15) is 29.3 Å². The average Bonchev–Trinajstić information content (AvgIpc) is 2.70. The van der Waals surface area contributed by atoms with Crippen molar-refractivity contribution in [1.82, 2.24) is 10.0 Å². The number of hydrogen-bond acceptors (Lipinski definition) is 6. The van der Waals surface area contributed by atoms with Gasteiger partial charge in [-0.1, -0.05) is 30.7 Å². The molecule has 1 aromatic carbocycles. The highest BCUT2D eigenvalue weighted by atomic mass is 32.2. The maximum Gasteiger partial charge on any atom is 0.251 e. The summed E-state index contributed by atoms with van der Waals surface area (Å²) in [7, 11) is 0. The van der Waals surface area contributed by atoms with E-state index in [-0.39, 0.29) is 5.91 Å². The first-order valence-electron chi connectivity index (χ1n) is 9.14. The Kier molecular flexibility index (Phi) is 14.4. The van der Waals surface area contributed by atoms with Crippen LogP contribution in [0.5, 0.6) is 0 Å². The maximum absolute atomic E-state index is 12.0. The molecule has 1 aromatic rings. The Bertz CT molecular complexity index is 570. The van der Waals surface area contributed by atoms with E-state index in [0.717, 1.165) is 18.5 Å². The zero-order chi connectivity index (χ0) is 19.6. The van der Waals surface area contributed by atoms with Crippen molar-refractivity contribution in [2.24, 2.45) is 0 Å². The second-order valence-electron chi connectivity index (χ2n) is 5.42. The second kappa shape index (κ2) is 16.6. The van der Waals surface area contributed by atoms with Crippen LogP contribution in [0, 0.1) is 11.8 Å². The van der Waals surface area contributed by atoms with E-state index in [1.807, 2.05) is 25.3 Å². The van der Waals surface area contributed by atoms with Gasteiger partial charge < -0.3 is 19.5 Å². The van der Waals surface area contributed by atoms with E-state index in [4.69, 9.17) is 14.2 Å². The molecule has 0 fully saturated rings. The van der Waals surface area contributed by atoms with Gasteiger partial charge in [-0.2, -0.15) is 0 Å². The molecular formula is C20H30N2O4S. The number of carbonyl (C=O) groups is 1. The smallest absolute Gasteiger partial charge is 0.251 e. The number of amides is 1. The van der Waals surface area contributed by atoms with Crippen LogP contribution >= 0.6 is 11.9 Å². The molecule has 0 unspecified atom stereocenters. The van der Waals surface area contributed by atoms with Crippen molar-refractivity contribution in [3.8, 4) is 11.8 Å². The standard InChI is InChI=1S/C20H30N2O4S/c1-3-4-5-18-6-8-19(9-7-18)20(23)21-10-12-24-14-16-26-17-15-25-13-11-22-27-2/h6-9,22H,3,10-17H2,1-2H3,(H,21,23). The van der Waals surface area contributed by atoms with Gasteiger partial charge in [0.2, 0.25) is 0 Å². The number of carbonyl (C=O) groups excluding carboxylic acids is 1. The van der Waals surface area contributed by atoms with Crippen molar-refractivity contribution in [3.05, 3.63) is 35.4 Å². The molecule has 0 bridgehead atoms. The van der Waals surface area contributed by atoms with Crippen molar-refractivity contribution in [3.63, 3.8) is 0 Å². The van der Waals surface area contributed by atoms with Crippen LogP contribution in [0.4, 0.5) is 0 Å². The fraction of sp³-hybridized carbons (Fsp3) is 0.550. The summed E-state index contributed by atoms with van der Waals surface area (Å²) < 4.78 is 19.3. The number of ether oxygens (including phenoxy) is 3. The molecule has 1 rings (SSSR count). The fourth-order valence-corrected chi connectivity index (χ4v) is 2.28. The molecule has 0 aromatic heterocycles. The van der Waals surface area contributed by atoms with Crippen molar-refractivity contribution in [2.45, 2.75) is 13.3 Å². The lowest BCUT2D eigenvalue weighted by Gasteiger charge is -2.08. The van der Waals surface area contributed by atoms with Crippen molar-refractivity contribution in [2.75, 3.05) is 59.0 Å². The molecule has 0 radical (unpaired) electrons. The SMILES string of the molecule is CCC#Cc1ccc(C(=O)NCCOCCOCCOCCNSC)cc1. The number of hydrogen-bond donors (Lipinski definition) is 2. The van der Waals surface area contributed by atoms with E-state index in [9.17, 15) is 4.79 Å². The molecule has 0 atom stereocenters. The molecule has 27 heavy (non-hydrogen) atoms. The van der Waals surface area contributed by atoms with E-state index in [2.05, 4.69) is 21.9 Å². The predicted octanol–water partition coefficient (Wildman–Crippen LogP) is 2.10. The van der Waals surface area contributed by atoms with E-state index in [0.29, 0.717) is 51.7 Å². The molecule has 6 nitrogen and oxygen atoms in total. The number of benzene rings is 1. The van der Waals surface area contributed by atoms with Crippen molar-refractivity contribution >= 4 is 17.9 Å². The summed E-state index contributed by atoms with van der Waals surface area (Å²) in [5, 5.41) is 2.83. The zero-order valence-corrected chi connectivity index (χ0v) is 17.0. The van der Waals surface area contributed by atoms with E-state index in [1.54, 1.807) is 24.1 Å². The van der Waals surface area contributed by atoms with Crippen LogP contribution in [0.2, 0.25) is 0 Å². The van der Waals surface area contributed by atoms with Gasteiger partial charge >= 0.3 is 0 Å². The Balaban J connectivity index is 1.98. The molecule has 2 N–H and O–H groups in total. The van der Waals surface area contributed by atoms with Crippen LogP contribution in [0.15, 0.2) is 24.3 Å². The summed E-state index contributed by atoms with van der Waals surface area (Å²) in [4.78, 5) is 12.0. The lowest BCUT2D eigenvalue weighted by atomic mass is 10.1. The highest BCUT2D eigenvalue weighted by Gasteiger charge is 2.04. The first kappa shape index (κ1) is 23.5. The van der Waals surface area contributed by atoms with Gasteiger partial charge in [0.15, 0.2) is 0 Å².